The predicted octanol–water partition coefficient (Wildman–Crippen LogP) is 3.62. The van der Waals surface area contributed by atoms with Crippen LogP contribution in [-0.4, -0.2) is 72.5 Å². The van der Waals surface area contributed by atoms with Crippen LogP contribution in [0.2, 0.25) is 0 Å². The monoisotopic (exact) mass is 506 g/mol. The second-order valence-electron chi connectivity index (χ2n) is 8.91. The Balaban J connectivity index is 1.39. The van der Waals surface area contributed by atoms with Crippen molar-refractivity contribution in [2.24, 2.45) is 5.92 Å². The molecule has 1 unspecified atom stereocenters. The van der Waals surface area contributed by atoms with Crippen LogP contribution in [0.4, 0.5) is 23.5 Å². The maximum absolute atomic E-state index is 11.3. The zero-order chi connectivity index (χ0) is 26.0. The second kappa shape index (κ2) is 12.9. The van der Waals surface area contributed by atoms with Gasteiger partial charge in [-0.1, -0.05) is 37.3 Å². The summed E-state index contributed by atoms with van der Waals surface area (Å²) >= 11 is 0. The first-order valence-corrected chi connectivity index (χ1v) is 12.6. The van der Waals surface area contributed by atoms with E-state index in [0.717, 1.165) is 30.1 Å². The van der Waals surface area contributed by atoms with Gasteiger partial charge in [0.1, 0.15) is 12.4 Å². The fourth-order valence-electron chi connectivity index (χ4n) is 3.95. The third-order valence-electron chi connectivity index (χ3n) is 6.22. The van der Waals surface area contributed by atoms with Gasteiger partial charge >= 0.3 is 5.97 Å². The fraction of sp³-hybridized carbons (Fsp3) is 0.407. The van der Waals surface area contributed by atoms with Crippen LogP contribution in [0.3, 0.4) is 0 Å². The SMILES string of the molecule is CCC(Cc1ccc(OCCN(C)c2nc(Nc3ccccc3)nc(N3CCOCC3)n2)cc1)C(=O)O. The Kier molecular flexibility index (Phi) is 9.09. The first kappa shape index (κ1) is 26.2. The van der Waals surface area contributed by atoms with Gasteiger partial charge in [-0.2, -0.15) is 15.0 Å². The van der Waals surface area contributed by atoms with E-state index in [0.29, 0.717) is 57.1 Å². The quantitative estimate of drug-likeness (QED) is 0.378. The van der Waals surface area contributed by atoms with Crippen LogP contribution in [0.15, 0.2) is 54.6 Å². The zero-order valence-corrected chi connectivity index (χ0v) is 21.3. The summed E-state index contributed by atoms with van der Waals surface area (Å²) < 4.78 is 11.4. The van der Waals surface area contributed by atoms with Crippen LogP contribution >= 0.6 is 0 Å². The first-order chi connectivity index (χ1) is 18.0. The number of para-hydroxylation sites is 1. The number of nitrogens with one attached hydrogen (secondary N) is 1. The molecule has 1 atom stereocenters. The molecular formula is C27H34N6O4. The molecule has 2 N–H and O–H groups in total. The lowest BCUT2D eigenvalue weighted by molar-refractivity contribution is -0.141. The number of carboxylic acid groups (broad SMARTS) is 1. The molecule has 3 aromatic rings. The minimum absolute atomic E-state index is 0.371. The zero-order valence-electron chi connectivity index (χ0n) is 21.3. The number of morpholine rings is 1. The Labute approximate surface area is 217 Å². The Hall–Kier alpha value is -3.92. The standard InChI is InChI=1S/C27H34N6O4/c1-3-21(24(34)35)19-20-9-11-23(12-10-20)37-18-13-32(2)26-29-25(28-22-7-5-4-6-8-22)30-27(31-26)33-14-16-36-17-15-33/h4-12,21H,3,13-19H2,1-2H3,(H,34,35)(H,28,29,30,31). The van der Waals surface area contributed by atoms with Crippen LogP contribution in [0.25, 0.3) is 0 Å². The molecule has 2 heterocycles. The number of nitrogens with zero attached hydrogens (tertiary/aromatic N) is 5. The van der Waals surface area contributed by atoms with Gasteiger partial charge in [-0.25, -0.2) is 0 Å². The van der Waals surface area contributed by atoms with E-state index >= 15 is 0 Å². The number of rotatable bonds is 12. The Morgan fingerprint density at radius 2 is 1.84 bits per heavy atom. The third kappa shape index (κ3) is 7.53. The molecule has 10 heteroatoms. The van der Waals surface area contributed by atoms with Crippen molar-refractivity contribution in [3.8, 4) is 5.75 Å². The number of carboxylic acids is 1. The van der Waals surface area contributed by atoms with E-state index in [-0.39, 0.29) is 5.92 Å². The van der Waals surface area contributed by atoms with Crippen molar-refractivity contribution >= 4 is 29.5 Å². The van der Waals surface area contributed by atoms with Gasteiger partial charge in [-0.05, 0) is 42.7 Å². The van der Waals surface area contributed by atoms with Crippen molar-refractivity contribution in [3.05, 3.63) is 60.2 Å². The molecule has 0 amide bonds. The van der Waals surface area contributed by atoms with Gasteiger partial charge in [0.15, 0.2) is 0 Å². The van der Waals surface area contributed by atoms with Crippen molar-refractivity contribution in [2.75, 3.05) is 61.6 Å². The molecule has 1 aliphatic rings. The van der Waals surface area contributed by atoms with E-state index in [1.54, 1.807) is 0 Å². The van der Waals surface area contributed by atoms with Crippen LogP contribution in [0.5, 0.6) is 5.75 Å². The lowest BCUT2D eigenvalue weighted by Gasteiger charge is -2.28. The number of hydrogen-bond acceptors (Lipinski definition) is 9. The summed E-state index contributed by atoms with van der Waals surface area (Å²) in [5.74, 6) is 1.24. The van der Waals surface area contributed by atoms with Crippen molar-refractivity contribution in [3.63, 3.8) is 0 Å². The summed E-state index contributed by atoms with van der Waals surface area (Å²) in [6, 6.07) is 17.4. The summed E-state index contributed by atoms with van der Waals surface area (Å²) in [5, 5.41) is 12.6. The predicted molar refractivity (Wildman–Crippen MR) is 143 cm³/mol. The Morgan fingerprint density at radius 3 is 2.51 bits per heavy atom. The highest BCUT2D eigenvalue weighted by Gasteiger charge is 2.19. The van der Waals surface area contributed by atoms with Gasteiger partial charge in [0, 0.05) is 25.8 Å². The average Bonchev–Trinajstić information content (AvgIpc) is 2.93. The van der Waals surface area contributed by atoms with Gasteiger partial charge in [0.05, 0.1) is 25.7 Å². The fourth-order valence-corrected chi connectivity index (χ4v) is 3.95. The van der Waals surface area contributed by atoms with E-state index in [1.807, 2.05) is 73.5 Å². The van der Waals surface area contributed by atoms with E-state index in [2.05, 4.69) is 20.2 Å². The van der Waals surface area contributed by atoms with Gasteiger partial charge in [-0.15, -0.1) is 0 Å². The summed E-state index contributed by atoms with van der Waals surface area (Å²) in [6.07, 6.45) is 1.12. The van der Waals surface area contributed by atoms with Gasteiger partial charge < -0.3 is 29.7 Å². The molecule has 0 radical (unpaired) electrons. The van der Waals surface area contributed by atoms with E-state index in [9.17, 15) is 9.90 Å². The van der Waals surface area contributed by atoms with Crippen molar-refractivity contribution in [2.45, 2.75) is 19.8 Å². The number of benzene rings is 2. The average molecular weight is 507 g/mol. The molecule has 0 spiro atoms. The van der Waals surface area contributed by atoms with Gasteiger partial charge in [0.25, 0.3) is 0 Å². The molecule has 1 aromatic heterocycles. The van der Waals surface area contributed by atoms with Gasteiger partial charge in [0.2, 0.25) is 17.8 Å². The highest BCUT2D eigenvalue weighted by Crippen LogP contribution is 2.21. The molecule has 0 bridgehead atoms. The number of carbonyl (C=O) groups is 1. The molecule has 10 nitrogen and oxygen atoms in total. The molecule has 1 aliphatic heterocycles. The Morgan fingerprint density at radius 1 is 1.11 bits per heavy atom. The minimum Gasteiger partial charge on any atom is -0.492 e. The lowest BCUT2D eigenvalue weighted by Crippen LogP contribution is -2.38. The van der Waals surface area contributed by atoms with Gasteiger partial charge in [-0.3, -0.25) is 4.79 Å². The third-order valence-corrected chi connectivity index (χ3v) is 6.22. The molecule has 1 saturated heterocycles. The molecular weight excluding hydrogens is 472 g/mol. The second-order valence-corrected chi connectivity index (χ2v) is 8.91. The summed E-state index contributed by atoms with van der Waals surface area (Å²) in [7, 11) is 1.92. The van der Waals surface area contributed by atoms with E-state index in [1.165, 1.54) is 0 Å². The smallest absolute Gasteiger partial charge is 0.306 e. The maximum Gasteiger partial charge on any atom is 0.306 e. The van der Waals surface area contributed by atoms with Crippen LogP contribution < -0.4 is 19.9 Å². The number of likely N-dealkylation sites (N-methyl/N-ethyl adjacent to an activating group) is 1. The largest absolute Gasteiger partial charge is 0.492 e. The van der Waals surface area contributed by atoms with Crippen LogP contribution in [0.1, 0.15) is 18.9 Å². The molecule has 0 saturated carbocycles. The molecule has 4 rings (SSSR count). The minimum atomic E-state index is -0.761. The summed E-state index contributed by atoms with van der Waals surface area (Å²) in [4.78, 5) is 29.3. The van der Waals surface area contributed by atoms with E-state index in [4.69, 9.17) is 14.5 Å². The van der Waals surface area contributed by atoms with Crippen molar-refractivity contribution in [1.29, 1.82) is 0 Å². The summed E-state index contributed by atoms with van der Waals surface area (Å²) in [6.45, 7) is 5.62. The lowest BCUT2D eigenvalue weighted by atomic mass is 9.97. The normalized spacial score (nSPS) is 14.2. The molecule has 0 aliphatic carbocycles. The molecule has 37 heavy (non-hydrogen) atoms. The topological polar surface area (TPSA) is 113 Å². The maximum atomic E-state index is 11.3. The highest BCUT2D eigenvalue weighted by molar-refractivity contribution is 5.70. The Bertz CT molecular complexity index is 1140. The first-order valence-electron chi connectivity index (χ1n) is 12.6. The number of hydrogen-bond donors (Lipinski definition) is 2. The number of aliphatic carboxylic acids is 1. The van der Waals surface area contributed by atoms with Crippen molar-refractivity contribution in [1.82, 2.24) is 15.0 Å². The number of aromatic nitrogens is 3. The van der Waals surface area contributed by atoms with Crippen LogP contribution in [-0.2, 0) is 16.0 Å². The van der Waals surface area contributed by atoms with E-state index < -0.39 is 5.97 Å². The number of anilines is 4. The number of ether oxygens (including phenoxy) is 2. The molecule has 2 aromatic carbocycles. The molecule has 196 valence electrons. The van der Waals surface area contributed by atoms with Crippen LogP contribution in [0, 0.1) is 5.92 Å². The summed E-state index contributed by atoms with van der Waals surface area (Å²) in [5.41, 5.74) is 1.88. The van der Waals surface area contributed by atoms with Crippen molar-refractivity contribution < 1.29 is 19.4 Å². The molecule has 1 fully saturated rings. The highest BCUT2D eigenvalue weighted by atomic mass is 16.5.